The number of carbonyl (C=O) groups is 1. The van der Waals surface area contributed by atoms with Crippen molar-refractivity contribution in [1.29, 1.82) is 0 Å². The minimum Gasteiger partial charge on any atom is -0.321 e. The van der Waals surface area contributed by atoms with E-state index in [1.165, 1.54) is 6.07 Å². The maximum absolute atomic E-state index is 13.4. The molecule has 1 atom stereocenters. The molecule has 1 aliphatic heterocycles. The summed E-state index contributed by atoms with van der Waals surface area (Å²) in [4.78, 5) is 13.9. The second-order valence-corrected chi connectivity index (χ2v) is 6.36. The van der Waals surface area contributed by atoms with Gasteiger partial charge < -0.3 is 4.90 Å². The van der Waals surface area contributed by atoms with Crippen LogP contribution in [0.15, 0.2) is 42.5 Å². The molecule has 2 nitrogen and oxygen atoms in total. The van der Waals surface area contributed by atoms with Crippen LogP contribution < -0.4 is 0 Å². The first-order valence-corrected chi connectivity index (χ1v) is 8.01. The van der Waals surface area contributed by atoms with Crippen LogP contribution in [0.5, 0.6) is 0 Å². The number of nitrogens with zero attached hydrogens (tertiary/aromatic N) is 1. The molecule has 0 aromatic heterocycles. The summed E-state index contributed by atoms with van der Waals surface area (Å²) >= 11 is 1.56. The Labute approximate surface area is 132 Å². The zero-order chi connectivity index (χ0) is 15.7. The van der Waals surface area contributed by atoms with Gasteiger partial charge in [-0.1, -0.05) is 30.3 Å². The van der Waals surface area contributed by atoms with E-state index in [0.29, 0.717) is 11.3 Å². The Morgan fingerprint density at radius 1 is 1.18 bits per heavy atom. The van der Waals surface area contributed by atoms with Gasteiger partial charge in [0.2, 0.25) is 5.91 Å². The molecule has 1 saturated heterocycles. The molecule has 1 fully saturated rings. The fourth-order valence-corrected chi connectivity index (χ4v) is 3.86. The van der Waals surface area contributed by atoms with Crippen molar-refractivity contribution in [1.82, 2.24) is 4.90 Å². The molecule has 5 heteroatoms. The fraction of sp³-hybridized carbons (Fsp3) is 0.235. The lowest BCUT2D eigenvalue weighted by molar-refractivity contribution is -0.128. The number of thioether (sulfide) groups is 1. The number of amides is 1. The van der Waals surface area contributed by atoms with Crippen LogP contribution in [-0.4, -0.2) is 16.6 Å². The smallest absolute Gasteiger partial charge is 0.234 e. The minimum atomic E-state index is -0.885. The molecule has 1 aliphatic rings. The summed E-state index contributed by atoms with van der Waals surface area (Å²) in [5.74, 6) is -1.34. The lowest BCUT2D eigenvalue weighted by Gasteiger charge is -2.25. The summed E-state index contributed by atoms with van der Waals surface area (Å²) in [6, 6.07) is 11.7. The summed E-state index contributed by atoms with van der Waals surface area (Å²) in [5, 5.41) is -0.0817. The number of aryl methyl sites for hydroxylation is 1. The average molecular weight is 319 g/mol. The maximum Gasteiger partial charge on any atom is 0.234 e. The topological polar surface area (TPSA) is 20.3 Å². The summed E-state index contributed by atoms with van der Waals surface area (Å²) in [6.45, 7) is 2.29. The molecule has 0 bridgehead atoms. The molecule has 0 spiro atoms. The van der Waals surface area contributed by atoms with E-state index in [1.807, 2.05) is 31.2 Å². The van der Waals surface area contributed by atoms with E-state index in [-0.39, 0.29) is 17.8 Å². The van der Waals surface area contributed by atoms with Gasteiger partial charge in [-0.05, 0) is 35.7 Å². The predicted octanol–water partition coefficient (Wildman–Crippen LogP) is 4.05. The fourth-order valence-electron chi connectivity index (χ4n) is 2.58. The van der Waals surface area contributed by atoms with Gasteiger partial charge in [-0.2, -0.15) is 0 Å². The van der Waals surface area contributed by atoms with Crippen LogP contribution in [0.3, 0.4) is 0 Å². The lowest BCUT2D eigenvalue weighted by Crippen LogP contribution is -2.28. The van der Waals surface area contributed by atoms with Crippen molar-refractivity contribution in [3.63, 3.8) is 0 Å². The average Bonchev–Trinajstić information content (AvgIpc) is 2.85. The molecule has 1 amide bonds. The van der Waals surface area contributed by atoms with Gasteiger partial charge in [0, 0.05) is 6.54 Å². The van der Waals surface area contributed by atoms with Crippen molar-refractivity contribution in [2.45, 2.75) is 18.8 Å². The van der Waals surface area contributed by atoms with Gasteiger partial charge in [-0.25, -0.2) is 8.78 Å². The number of hydrogen-bond donors (Lipinski definition) is 0. The maximum atomic E-state index is 13.4. The molecule has 0 saturated carbocycles. The summed E-state index contributed by atoms with van der Waals surface area (Å²) in [6.07, 6.45) is 0. The highest BCUT2D eigenvalue weighted by Gasteiger charge is 2.33. The van der Waals surface area contributed by atoms with Crippen LogP contribution >= 0.6 is 11.8 Å². The summed E-state index contributed by atoms with van der Waals surface area (Å²) in [7, 11) is 0. The number of benzene rings is 2. The van der Waals surface area contributed by atoms with Crippen LogP contribution in [0.4, 0.5) is 8.78 Å². The van der Waals surface area contributed by atoms with Gasteiger partial charge in [-0.15, -0.1) is 11.8 Å². The number of carbonyl (C=O) groups excluding carboxylic acids is 1. The molecule has 1 unspecified atom stereocenters. The predicted molar refractivity (Wildman–Crippen MR) is 83.3 cm³/mol. The zero-order valence-corrected chi connectivity index (χ0v) is 12.9. The van der Waals surface area contributed by atoms with E-state index in [2.05, 4.69) is 0 Å². The van der Waals surface area contributed by atoms with Crippen LogP contribution in [0.25, 0.3) is 0 Å². The molecule has 2 aromatic carbocycles. The molecule has 0 aliphatic carbocycles. The Morgan fingerprint density at radius 2 is 1.95 bits per heavy atom. The molecule has 0 N–H and O–H groups in total. The van der Waals surface area contributed by atoms with Crippen LogP contribution in [-0.2, 0) is 11.3 Å². The van der Waals surface area contributed by atoms with Crippen molar-refractivity contribution >= 4 is 17.7 Å². The standard InChI is InChI=1S/C17H15F2NOS/c1-11-4-2-3-5-13(11)17-20(16(21)10-22-17)9-12-6-7-14(18)15(19)8-12/h2-8,17H,9-10H2,1H3. The first kappa shape index (κ1) is 15.0. The van der Waals surface area contributed by atoms with Gasteiger partial charge in [0.1, 0.15) is 5.37 Å². The van der Waals surface area contributed by atoms with Crippen LogP contribution in [0.1, 0.15) is 22.1 Å². The van der Waals surface area contributed by atoms with E-state index in [4.69, 9.17) is 0 Å². The van der Waals surface area contributed by atoms with Crippen LogP contribution in [0, 0.1) is 18.6 Å². The Balaban J connectivity index is 1.88. The molecular formula is C17H15F2NOS. The van der Waals surface area contributed by atoms with Gasteiger partial charge in [-0.3, -0.25) is 4.79 Å². The molecule has 22 heavy (non-hydrogen) atoms. The summed E-state index contributed by atoms with van der Waals surface area (Å²) < 4.78 is 26.4. The number of hydrogen-bond acceptors (Lipinski definition) is 2. The second-order valence-electron chi connectivity index (χ2n) is 5.29. The highest BCUT2D eigenvalue weighted by atomic mass is 32.2. The van der Waals surface area contributed by atoms with E-state index < -0.39 is 11.6 Å². The highest BCUT2D eigenvalue weighted by molar-refractivity contribution is 8.00. The third kappa shape index (κ3) is 2.86. The van der Waals surface area contributed by atoms with E-state index in [0.717, 1.165) is 23.3 Å². The van der Waals surface area contributed by atoms with Crippen LogP contribution in [0.2, 0.25) is 0 Å². The quantitative estimate of drug-likeness (QED) is 0.851. The molecule has 1 heterocycles. The number of rotatable bonds is 3. The highest BCUT2D eigenvalue weighted by Crippen LogP contribution is 2.40. The van der Waals surface area contributed by atoms with Gasteiger partial charge in [0.05, 0.1) is 5.75 Å². The third-order valence-electron chi connectivity index (χ3n) is 3.76. The second kappa shape index (κ2) is 6.08. The normalized spacial score (nSPS) is 18.0. The largest absolute Gasteiger partial charge is 0.321 e. The Bertz CT molecular complexity index is 720. The zero-order valence-electron chi connectivity index (χ0n) is 12.1. The van der Waals surface area contributed by atoms with Crippen molar-refractivity contribution < 1.29 is 13.6 Å². The van der Waals surface area contributed by atoms with E-state index in [9.17, 15) is 13.6 Å². The molecule has 0 radical (unpaired) electrons. The summed E-state index contributed by atoms with van der Waals surface area (Å²) in [5.41, 5.74) is 2.79. The van der Waals surface area contributed by atoms with Crippen molar-refractivity contribution in [2.24, 2.45) is 0 Å². The van der Waals surface area contributed by atoms with Gasteiger partial charge in [0.15, 0.2) is 11.6 Å². The Morgan fingerprint density at radius 3 is 2.68 bits per heavy atom. The van der Waals surface area contributed by atoms with Crippen molar-refractivity contribution in [3.05, 3.63) is 70.8 Å². The Hall–Kier alpha value is -1.88. The third-order valence-corrected chi connectivity index (χ3v) is 5.00. The van der Waals surface area contributed by atoms with Crippen molar-refractivity contribution in [3.8, 4) is 0 Å². The first-order valence-electron chi connectivity index (χ1n) is 6.97. The van der Waals surface area contributed by atoms with Gasteiger partial charge >= 0.3 is 0 Å². The lowest BCUT2D eigenvalue weighted by atomic mass is 10.1. The molecule has 3 rings (SSSR count). The van der Waals surface area contributed by atoms with Crippen molar-refractivity contribution in [2.75, 3.05) is 5.75 Å². The van der Waals surface area contributed by atoms with Gasteiger partial charge in [0.25, 0.3) is 0 Å². The SMILES string of the molecule is Cc1ccccc1C1SCC(=O)N1Cc1ccc(F)c(F)c1. The molecule has 114 valence electrons. The monoisotopic (exact) mass is 319 g/mol. The van der Waals surface area contributed by atoms with E-state index >= 15 is 0 Å². The first-order chi connectivity index (χ1) is 10.6. The molecular weight excluding hydrogens is 304 g/mol. The number of halogens is 2. The molecule has 2 aromatic rings. The minimum absolute atomic E-state index is 0.0167. The van der Waals surface area contributed by atoms with E-state index in [1.54, 1.807) is 16.7 Å². The Kier molecular flexibility index (Phi) is 4.16.